The van der Waals surface area contributed by atoms with Gasteiger partial charge >= 0.3 is 10.0 Å². The van der Waals surface area contributed by atoms with Gasteiger partial charge in [0.05, 0.1) is 0 Å². The molecule has 1 saturated heterocycles. The SMILES string of the molecule is CCO[SiH2]OCC.c1ccc(N2CC2)cc1. The Labute approximate surface area is 100 Å². The van der Waals surface area contributed by atoms with Gasteiger partial charge in [0.25, 0.3) is 0 Å². The Morgan fingerprint density at radius 1 is 1.06 bits per heavy atom. The maximum Gasteiger partial charge on any atom is 0.304 e. The summed E-state index contributed by atoms with van der Waals surface area (Å²) in [7, 11) is -0.589. The van der Waals surface area contributed by atoms with E-state index in [0.717, 1.165) is 13.2 Å². The van der Waals surface area contributed by atoms with E-state index in [-0.39, 0.29) is 0 Å². The Balaban J connectivity index is 0.000000168. The summed E-state index contributed by atoms with van der Waals surface area (Å²) in [4.78, 5) is 2.33. The molecule has 1 aliphatic rings. The highest BCUT2D eigenvalue weighted by molar-refractivity contribution is 6.17. The van der Waals surface area contributed by atoms with Gasteiger partial charge in [-0.15, -0.1) is 0 Å². The van der Waals surface area contributed by atoms with Gasteiger partial charge < -0.3 is 13.8 Å². The third-order valence-electron chi connectivity index (χ3n) is 2.14. The Morgan fingerprint density at radius 2 is 1.62 bits per heavy atom. The molecule has 16 heavy (non-hydrogen) atoms. The summed E-state index contributed by atoms with van der Waals surface area (Å²) in [6, 6.07) is 10.5. The smallest absolute Gasteiger partial charge is 0.304 e. The van der Waals surface area contributed by atoms with Crippen LogP contribution in [-0.2, 0) is 8.85 Å². The van der Waals surface area contributed by atoms with Gasteiger partial charge in [-0.1, -0.05) is 18.2 Å². The molecule has 0 N–H and O–H groups in total. The summed E-state index contributed by atoms with van der Waals surface area (Å²) in [5.74, 6) is 0. The van der Waals surface area contributed by atoms with Gasteiger partial charge in [-0.2, -0.15) is 0 Å². The largest absolute Gasteiger partial charge is 0.399 e. The summed E-state index contributed by atoms with van der Waals surface area (Å²) < 4.78 is 9.98. The van der Waals surface area contributed by atoms with Crippen molar-refractivity contribution in [3.05, 3.63) is 30.3 Å². The van der Waals surface area contributed by atoms with Crippen molar-refractivity contribution in [3.63, 3.8) is 0 Å². The fourth-order valence-electron chi connectivity index (χ4n) is 1.17. The van der Waals surface area contributed by atoms with Crippen LogP contribution in [0.25, 0.3) is 0 Å². The van der Waals surface area contributed by atoms with Crippen LogP contribution >= 0.6 is 0 Å². The molecule has 1 aromatic carbocycles. The molecule has 0 aromatic heterocycles. The minimum atomic E-state index is -0.589. The molecule has 2 rings (SSSR count). The van der Waals surface area contributed by atoms with Gasteiger partial charge in [0.2, 0.25) is 0 Å². The highest BCUT2D eigenvalue weighted by atomic mass is 28.3. The molecule has 1 fully saturated rings. The van der Waals surface area contributed by atoms with Crippen LogP contribution in [0, 0.1) is 0 Å². The number of anilines is 1. The average molecular weight is 239 g/mol. The van der Waals surface area contributed by atoms with E-state index in [4.69, 9.17) is 8.85 Å². The first-order chi connectivity index (χ1) is 7.88. The Bertz CT molecular complexity index is 261. The Morgan fingerprint density at radius 3 is 2.06 bits per heavy atom. The number of hydrogen-bond donors (Lipinski definition) is 0. The zero-order valence-electron chi connectivity index (χ0n) is 10.2. The molecule has 4 heteroatoms. The zero-order valence-corrected chi connectivity index (χ0v) is 11.6. The molecule has 0 unspecified atom stereocenters. The van der Waals surface area contributed by atoms with Crippen LogP contribution < -0.4 is 4.90 Å². The topological polar surface area (TPSA) is 21.5 Å². The summed E-state index contributed by atoms with van der Waals surface area (Å²) in [5.41, 5.74) is 1.36. The molecule has 90 valence electrons. The Kier molecular flexibility index (Phi) is 6.88. The van der Waals surface area contributed by atoms with Crippen molar-refractivity contribution < 1.29 is 8.85 Å². The first-order valence-electron chi connectivity index (χ1n) is 5.84. The quantitative estimate of drug-likeness (QED) is 0.442. The third kappa shape index (κ3) is 5.90. The van der Waals surface area contributed by atoms with Crippen molar-refractivity contribution in [1.29, 1.82) is 0 Å². The van der Waals surface area contributed by atoms with E-state index in [2.05, 4.69) is 29.2 Å². The lowest BCUT2D eigenvalue weighted by Gasteiger charge is -1.98. The Hall–Kier alpha value is -0.843. The normalized spacial score (nSPS) is 13.0. The molecule has 0 aliphatic carbocycles. The van der Waals surface area contributed by atoms with Crippen molar-refractivity contribution >= 4 is 15.7 Å². The number of nitrogens with zero attached hydrogens (tertiary/aromatic N) is 1. The summed E-state index contributed by atoms with van der Waals surface area (Å²) in [5, 5.41) is 0. The molecule has 3 nitrogen and oxygen atoms in total. The highest BCUT2D eigenvalue weighted by Crippen LogP contribution is 2.18. The van der Waals surface area contributed by atoms with E-state index in [1.165, 1.54) is 18.8 Å². The molecular weight excluding hydrogens is 218 g/mol. The molecule has 0 amide bonds. The number of para-hydroxylation sites is 1. The van der Waals surface area contributed by atoms with E-state index >= 15 is 0 Å². The van der Waals surface area contributed by atoms with Crippen LogP contribution in [-0.4, -0.2) is 36.3 Å². The van der Waals surface area contributed by atoms with Gasteiger partial charge in [0, 0.05) is 32.0 Å². The van der Waals surface area contributed by atoms with Gasteiger partial charge in [-0.3, -0.25) is 0 Å². The standard InChI is InChI=1S/C8H9N.C4H12O2Si/c1-2-4-8(5-3-1)9-6-7-9;1-3-5-7-6-4-2/h1-5H,6-7H2;3-4,7H2,1-2H3. The average Bonchev–Trinajstić information content (AvgIpc) is 3.16. The second kappa shape index (κ2) is 8.33. The highest BCUT2D eigenvalue weighted by Gasteiger charge is 2.16. The molecule has 0 saturated carbocycles. The third-order valence-corrected chi connectivity index (χ3v) is 3.29. The second-order valence-corrected chi connectivity index (χ2v) is 4.48. The number of benzene rings is 1. The minimum Gasteiger partial charge on any atom is -0.399 e. The lowest BCUT2D eigenvalue weighted by atomic mass is 10.3. The first-order valence-corrected chi connectivity index (χ1v) is 6.99. The number of rotatable bonds is 5. The van der Waals surface area contributed by atoms with Crippen molar-refractivity contribution in [2.75, 3.05) is 31.2 Å². The maximum atomic E-state index is 4.99. The van der Waals surface area contributed by atoms with E-state index < -0.39 is 10.0 Å². The molecule has 0 atom stereocenters. The molecular formula is C12H21NO2Si. The van der Waals surface area contributed by atoms with Crippen molar-refractivity contribution in [2.45, 2.75) is 13.8 Å². The summed E-state index contributed by atoms with van der Waals surface area (Å²) >= 11 is 0. The van der Waals surface area contributed by atoms with Crippen molar-refractivity contribution in [3.8, 4) is 0 Å². The lowest BCUT2D eigenvalue weighted by Crippen LogP contribution is -2.02. The fraction of sp³-hybridized carbons (Fsp3) is 0.500. The maximum absolute atomic E-state index is 4.99. The van der Waals surface area contributed by atoms with Gasteiger partial charge in [-0.05, 0) is 26.0 Å². The van der Waals surface area contributed by atoms with Crippen LogP contribution in [0.4, 0.5) is 5.69 Å². The molecule has 0 radical (unpaired) electrons. The molecule has 1 aromatic rings. The van der Waals surface area contributed by atoms with Gasteiger partial charge in [-0.25, -0.2) is 0 Å². The number of hydrogen-bond acceptors (Lipinski definition) is 3. The van der Waals surface area contributed by atoms with E-state index in [0.29, 0.717) is 0 Å². The van der Waals surface area contributed by atoms with Gasteiger partial charge in [0.1, 0.15) is 0 Å². The predicted octanol–water partition coefficient (Wildman–Crippen LogP) is 1.56. The zero-order chi connectivity index (χ0) is 11.6. The fourth-order valence-corrected chi connectivity index (χ4v) is 1.62. The minimum absolute atomic E-state index is 0.589. The van der Waals surface area contributed by atoms with Crippen molar-refractivity contribution in [2.24, 2.45) is 0 Å². The molecule has 1 heterocycles. The van der Waals surface area contributed by atoms with Crippen LogP contribution in [0.5, 0.6) is 0 Å². The molecule has 1 aliphatic heterocycles. The molecule has 0 spiro atoms. The van der Waals surface area contributed by atoms with Crippen LogP contribution in [0.1, 0.15) is 13.8 Å². The van der Waals surface area contributed by atoms with Gasteiger partial charge in [0.15, 0.2) is 0 Å². The lowest BCUT2D eigenvalue weighted by molar-refractivity contribution is 0.240. The van der Waals surface area contributed by atoms with E-state index in [1.807, 2.05) is 19.9 Å². The first kappa shape index (κ1) is 13.2. The monoisotopic (exact) mass is 239 g/mol. The second-order valence-electron chi connectivity index (χ2n) is 3.43. The van der Waals surface area contributed by atoms with Crippen molar-refractivity contribution in [1.82, 2.24) is 0 Å². The van der Waals surface area contributed by atoms with Crippen LogP contribution in [0.3, 0.4) is 0 Å². The van der Waals surface area contributed by atoms with E-state index in [9.17, 15) is 0 Å². The van der Waals surface area contributed by atoms with Crippen LogP contribution in [0.15, 0.2) is 30.3 Å². The molecule has 0 bridgehead atoms. The summed E-state index contributed by atoms with van der Waals surface area (Å²) in [6.45, 7) is 8.03. The summed E-state index contributed by atoms with van der Waals surface area (Å²) in [6.07, 6.45) is 0. The van der Waals surface area contributed by atoms with Crippen LogP contribution in [0.2, 0.25) is 0 Å². The van der Waals surface area contributed by atoms with E-state index in [1.54, 1.807) is 0 Å². The predicted molar refractivity (Wildman–Crippen MR) is 70.5 cm³/mol.